The van der Waals surface area contributed by atoms with Crippen molar-refractivity contribution in [3.8, 4) is 0 Å². The van der Waals surface area contributed by atoms with Gasteiger partial charge in [0, 0.05) is 6.04 Å². The number of rotatable bonds is 2. The highest BCUT2D eigenvalue weighted by Crippen LogP contribution is 2.25. The SMILES string of the molecule is CCOC1=NC(C)Nc2c1ncn2C(C)C. The van der Waals surface area contributed by atoms with E-state index in [9.17, 15) is 0 Å². The van der Waals surface area contributed by atoms with E-state index in [1.165, 1.54) is 0 Å². The van der Waals surface area contributed by atoms with Gasteiger partial charge in [-0.05, 0) is 27.7 Å². The van der Waals surface area contributed by atoms with Crippen LogP contribution in [0.4, 0.5) is 5.82 Å². The van der Waals surface area contributed by atoms with Gasteiger partial charge in [-0.25, -0.2) is 9.98 Å². The maximum Gasteiger partial charge on any atom is 0.241 e. The van der Waals surface area contributed by atoms with Crippen molar-refractivity contribution in [2.45, 2.75) is 39.9 Å². The fourth-order valence-electron chi connectivity index (χ4n) is 1.76. The summed E-state index contributed by atoms with van der Waals surface area (Å²) in [6.07, 6.45) is 1.86. The molecule has 0 saturated heterocycles. The Balaban J connectivity index is 2.41. The highest BCUT2D eigenvalue weighted by atomic mass is 16.5. The van der Waals surface area contributed by atoms with Gasteiger partial charge in [0.15, 0.2) is 5.69 Å². The molecule has 0 aromatic carbocycles. The van der Waals surface area contributed by atoms with E-state index >= 15 is 0 Å². The van der Waals surface area contributed by atoms with Crippen LogP contribution in [0.1, 0.15) is 39.4 Å². The summed E-state index contributed by atoms with van der Waals surface area (Å²) in [4.78, 5) is 8.75. The van der Waals surface area contributed by atoms with E-state index in [2.05, 4.69) is 33.7 Å². The average molecular weight is 222 g/mol. The monoisotopic (exact) mass is 222 g/mol. The molecule has 2 heterocycles. The molecule has 0 aliphatic carbocycles. The van der Waals surface area contributed by atoms with E-state index in [1.54, 1.807) is 0 Å². The molecule has 1 aromatic heterocycles. The molecule has 0 saturated carbocycles. The van der Waals surface area contributed by atoms with Crippen molar-refractivity contribution in [2.75, 3.05) is 11.9 Å². The molecule has 0 radical (unpaired) electrons. The fraction of sp³-hybridized carbons (Fsp3) is 0.636. The van der Waals surface area contributed by atoms with Gasteiger partial charge in [-0.3, -0.25) is 0 Å². The molecular formula is C11H18N4O. The molecular weight excluding hydrogens is 204 g/mol. The van der Waals surface area contributed by atoms with Crippen LogP contribution in [0.2, 0.25) is 0 Å². The minimum atomic E-state index is 0.0308. The highest BCUT2D eigenvalue weighted by molar-refractivity contribution is 5.98. The zero-order chi connectivity index (χ0) is 11.7. The lowest BCUT2D eigenvalue weighted by Crippen LogP contribution is -2.26. The Labute approximate surface area is 95.5 Å². The molecule has 1 aliphatic heterocycles. The lowest BCUT2D eigenvalue weighted by Gasteiger charge is -2.22. The number of aromatic nitrogens is 2. The molecule has 5 nitrogen and oxygen atoms in total. The van der Waals surface area contributed by atoms with Crippen LogP contribution in [0.3, 0.4) is 0 Å². The van der Waals surface area contributed by atoms with Crippen LogP contribution >= 0.6 is 0 Å². The first-order valence-corrected chi connectivity index (χ1v) is 5.67. The number of fused-ring (bicyclic) bond motifs is 1. The van der Waals surface area contributed by atoms with Crippen molar-refractivity contribution in [1.82, 2.24) is 9.55 Å². The predicted octanol–water partition coefficient (Wildman–Crippen LogP) is 2.02. The number of hydrogen-bond donors (Lipinski definition) is 1. The number of hydrogen-bond acceptors (Lipinski definition) is 4. The van der Waals surface area contributed by atoms with E-state index in [1.807, 2.05) is 20.2 Å². The Morgan fingerprint density at radius 1 is 1.56 bits per heavy atom. The number of nitrogens with zero attached hydrogens (tertiary/aromatic N) is 3. The Hall–Kier alpha value is -1.52. The normalized spacial score (nSPS) is 19.1. The summed E-state index contributed by atoms with van der Waals surface area (Å²) in [5, 5.41) is 3.31. The summed E-state index contributed by atoms with van der Waals surface area (Å²) < 4.78 is 7.60. The number of anilines is 1. The van der Waals surface area contributed by atoms with E-state index in [4.69, 9.17) is 4.74 Å². The van der Waals surface area contributed by atoms with Gasteiger partial charge in [-0.2, -0.15) is 0 Å². The number of ether oxygens (including phenoxy) is 1. The van der Waals surface area contributed by atoms with Crippen molar-refractivity contribution in [3.63, 3.8) is 0 Å². The Bertz CT molecular complexity index is 408. The molecule has 88 valence electrons. The highest BCUT2D eigenvalue weighted by Gasteiger charge is 2.24. The number of nitrogens with one attached hydrogen (secondary N) is 1. The van der Waals surface area contributed by atoms with Gasteiger partial charge >= 0.3 is 0 Å². The van der Waals surface area contributed by atoms with Gasteiger partial charge in [0.1, 0.15) is 12.0 Å². The molecule has 0 fully saturated rings. The molecule has 16 heavy (non-hydrogen) atoms. The van der Waals surface area contributed by atoms with Crippen LogP contribution in [0.15, 0.2) is 11.3 Å². The molecule has 0 spiro atoms. The Morgan fingerprint density at radius 3 is 2.94 bits per heavy atom. The predicted molar refractivity (Wildman–Crippen MR) is 63.9 cm³/mol. The maximum absolute atomic E-state index is 5.51. The first-order valence-electron chi connectivity index (χ1n) is 5.67. The van der Waals surface area contributed by atoms with Crippen molar-refractivity contribution in [1.29, 1.82) is 0 Å². The first kappa shape index (κ1) is 11.0. The Kier molecular flexibility index (Phi) is 2.85. The zero-order valence-electron chi connectivity index (χ0n) is 10.2. The summed E-state index contributed by atoms with van der Waals surface area (Å²) in [7, 11) is 0. The third-order valence-corrected chi connectivity index (χ3v) is 2.49. The largest absolute Gasteiger partial charge is 0.477 e. The van der Waals surface area contributed by atoms with Gasteiger partial charge in [0.05, 0.1) is 12.9 Å². The number of aliphatic imine (C=N–C) groups is 1. The van der Waals surface area contributed by atoms with Crippen LogP contribution < -0.4 is 5.32 Å². The summed E-state index contributed by atoms with van der Waals surface area (Å²) in [6.45, 7) is 8.81. The molecule has 0 amide bonds. The molecule has 2 rings (SSSR count). The average Bonchev–Trinajstić information content (AvgIpc) is 2.61. The third-order valence-electron chi connectivity index (χ3n) is 2.49. The van der Waals surface area contributed by atoms with Crippen molar-refractivity contribution in [3.05, 3.63) is 12.0 Å². The summed E-state index contributed by atoms with van der Waals surface area (Å²) in [5.41, 5.74) is 0.814. The lowest BCUT2D eigenvalue weighted by molar-refractivity contribution is 0.324. The van der Waals surface area contributed by atoms with Gasteiger partial charge < -0.3 is 14.6 Å². The van der Waals surface area contributed by atoms with Crippen LogP contribution in [-0.2, 0) is 4.74 Å². The van der Waals surface area contributed by atoms with Gasteiger partial charge in [-0.15, -0.1) is 0 Å². The van der Waals surface area contributed by atoms with Gasteiger partial charge in [-0.1, -0.05) is 0 Å². The second kappa shape index (κ2) is 4.15. The van der Waals surface area contributed by atoms with Crippen molar-refractivity contribution >= 4 is 11.7 Å². The smallest absolute Gasteiger partial charge is 0.241 e. The summed E-state index contributed by atoms with van der Waals surface area (Å²) in [5.74, 6) is 1.64. The van der Waals surface area contributed by atoms with Crippen LogP contribution in [0.5, 0.6) is 0 Å². The standard InChI is InChI=1S/C11H18N4O/c1-5-16-11-9-10(13-8(4)14-11)15(6-12-9)7(2)3/h6-8,13H,5H2,1-4H3. The van der Waals surface area contributed by atoms with E-state index in [-0.39, 0.29) is 6.17 Å². The van der Waals surface area contributed by atoms with Crippen molar-refractivity contribution in [2.24, 2.45) is 4.99 Å². The molecule has 1 unspecified atom stereocenters. The topological polar surface area (TPSA) is 51.4 Å². The fourth-order valence-corrected chi connectivity index (χ4v) is 1.76. The van der Waals surface area contributed by atoms with E-state index in [0.29, 0.717) is 18.5 Å². The first-order chi connectivity index (χ1) is 7.63. The summed E-state index contributed by atoms with van der Waals surface area (Å²) >= 11 is 0. The minimum Gasteiger partial charge on any atom is -0.477 e. The number of imidazole rings is 1. The second-order valence-corrected chi connectivity index (χ2v) is 4.13. The third kappa shape index (κ3) is 1.77. The van der Waals surface area contributed by atoms with Crippen LogP contribution in [0.25, 0.3) is 0 Å². The lowest BCUT2D eigenvalue weighted by atomic mass is 10.3. The minimum absolute atomic E-state index is 0.0308. The molecule has 1 N–H and O–H groups in total. The summed E-state index contributed by atoms with van der Waals surface area (Å²) in [6, 6.07) is 0.372. The van der Waals surface area contributed by atoms with E-state index in [0.717, 1.165) is 11.5 Å². The molecule has 0 bridgehead atoms. The van der Waals surface area contributed by atoms with Crippen molar-refractivity contribution < 1.29 is 4.74 Å². The molecule has 1 atom stereocenters. The van der Waals surface area contributed by atoms with Gasteiger partial charge in [0.25, 0.3) is 0 Å². The maximum atomic E-state index is 5.51. The second-order valence-electron chi connectivity index (χ2n) is 4.13. The molecule has 1 aliphatic rings. The van der Waals surface area contributed by atoms with E-state index < -0.39 is 0 Å². The van der Waals surface area contributed by atoms with Gasteiger partial charge in [0.2, 0.25) is 5.90 Å². The molecule has 5 heteroatoms. The van der Waals surface area contributed by atoms with Crippen LogP contribution in [-0.4, -0.2) is 28.2 Å². The Morgan fingerprint density at radius 2 is 2.31 bits per heavy atom. The molecule has 1 aromatic rings. The van der Waals surface area contributed by atoms with Crippen LogP contribution in [0, 0.1) is 0 Å². The zero-order valence-corrected chi connectivity index (χ0v) is 10.2. The quantitative estimate of drug-likeness (QED) is 0.832.